The molecule has 2 fully saturated rings. The molecule has 1 saturated carbocycles. The van der Waals surface area contributed by atoms with Gasteiger partial charge in [-0.1, -0.05) is 18.2 Å². The standard InChI is InChI=1S/C25H25FN4O2/c1-15-5-6-17(28-23(31)16-13-30(2)14-16)12-19(15)24(32)29-25(9-10-25)20-7-8-21(26)22-18(20)4-3-11-27-22/h3-8,11-12,16H,9-10,13-14H2,1-2H3,(H,28,31)(H,29,32). The molecule has 1 aliphatic carbocycles. The molecule has 0 unspecified atom stereocenters. The molecule has 6 nitrogen and oxygen atoms in total. The number of benzene rings is 2. The highest BCUT2D eigenvalue weighted by Gasteiger charge is 2.47. The largest absolute Gasteiger partial charge is 0.342 e. The van der Waals surface area contributed by atoms with E-state index in [4.69, 9.17) is 0 Å². The van der Waals surface area contributed by atoms with Gasteiger partial charge in [-0.2, -0.15) is 0 Å². The maximum absolute atomic E-state index is 14.2. The summed E-state index contributed by atoms with van der Waals surface area (Å²) in [6.07, 6.45) is 3.12. The minimum absolute atomic E-state index is 0.0197. The lowest BCUT2D eigenvalue weighted by atomic mass is 9.97. The van der Waals surface area contributed by atoms with E-state index in [-0.39, 0.29) is 23.5 Å². The minimum atomic E-state index is -0.533. The number of aryl methyl sites for hydroxylation is 1. The molecule has 2 N–H and O–H groups in total. The van der Waals surface area contributed by atoms with Gasteiger partial charge in [0, 0.05) is 35.9 Å². The van der Waals surface area contributed by atoms with Gasteiger partial charge in [-0.15, -0.1) is 0 Å². The summed E-state index contributed by atoms with van der Waals surface area (Å²) in [7, 11) is 1.98. The lowest BCUT2D eigenvalue weighted by molar-refractivity contribution is -0.124. The highest BCUT2D eigenvalue weighted by molar-refractivity contribution is 6.00. The van der Waals surface area contributed by atoms with Gasteiger partial charge in [-0.25, -0.2) is 4.39 Å². The molecule has 2 amide bonds. The molecule has 0 bridgehead atoms. The number of rotatable bonds is 5. The zero-order valence-electron chi connectivity index (χ0n) is 18.1. The summed E-state index contributed by atoms with van der Waals surface area (Å²) in [6.45, 7) is 3.36. The summed E-state index contributed by atoms with van der Waals surface area (Å²) in [6, 6.07) is 12.2. The zero-order valence-corrected chi connectivity index (χ0v) is 18.1. The summed E-state index contributed by atoms with van der Waals surface area (Å²) >= 11 is 0. The number of hydrogen-bond acceptors (Lipinski definition) is 4. The first-order valence-corrected chi connectivity index (χ1v) is 10.8. The van der Waals surface area contributed by atoms with Crippen molar-refractivity contribution in [3.63, 3.8) is 0 Å². The number of carbonyl (C=O) groups is 2. The molecule has 3 aromatic rings. The quantitative estimate of drug-likeness (QED) is 0.646. The van der Waals surface area contributed by atoms with Gasteiger partial charge >= 0.3 is 0 Å². The second-order valence-corrected chi connectivity index (χ2v) is 8.97. The number of halogens is 1. The number of pyridine rings is 1. The summed E-state index contributed by atoms with van der Waals surface area (Å²) < 4.78 is 14.2. The van der Waals surface area contributed by atoms with Crippen LogP contribution in [0.15, 0.2) is 48.7 Å². The van der Waals surface area contributed by atoms with Crippen molar-refractivity contribution in [2.45, 2.75) is 25.3 Å². The molecule has 0 atom stereocenters. The van der Waals surface area contributed by atoms with Gasteiger partial charge in [0.1, 0.15) is 11.3 Å². The summed E-state index contributed by atoms with van der Waals surface area (Å²) in [5.74, 6) is -0.625. The number of nitrogens with one attached hydrogen (secondary N) is 2. The van der Waals surface area contributed by atoms with Crippen LogP contribution in [0.25, 0.3) is 10.9 Å². The van der Waals surface area contributed by atoms with E-state index in [0.29, 0.717) is 22.2 Å². The second-order valence-electron chi connectivity index (χ2n) is 8.97. The van der Waals surface area contributed by atoms with Gasteiger partial charge in [-0.3, -0.25) is 14.6 Å². The van der Waals surface area contributed by atoms with E-state index in [1.54, 1.807) is 24.4 Å². The van der Waals surface area contributed by atoms with Gasteiger partial charge in [0.2, 0.25) is 5.91 Å². The molecule has 1 aliphatic heterocycles. The first kappa shape index (κ1) is 20.6. The van der Waals surface area contributed by atoms with Crippen LogP contribution in [-0.4, -0.2) is 41.8 Å². The maximum Gasteiger partial charge on any atom is 0.252 e. The molecular formula is C25H25FN4O2. The number of nitrogens with zero attached hydrogens (tertiary/aromatic N) is 2. The van der Waals surface area contributed by atoms with E-state index in [1.165, 1.54) is 6.07 Å². The predicted octanol–water partition coefficient (Wildman–Crippen LogP) is 3.60. The Morgan fingerprint density at radius 2 is 1.94 bits per heavy atom. The lowest BCUT2D eigenvalue weighted by Gasteiger charge is -2.34. The molecule has 164 valence electrons. The van der Waals surface area contributed by atoms with E-state index in [9.17, 15) is 14.0 Å². The monoisotopic (exact) mass is 432 g/mol. The normalized spacial score (nSPS) is 17.6. The summed E-state index contributed by atoms with van der Waals surface area (Å²) in [5.41, 5.74) is 2.62. The molecule has 0 spiro atoms. The number of hydrogen-bond donors (Lipinski definition) is 2. The Labute approximate surface area is 185 Å². The number of anilines is 1. The van der Waals surface area contributed by atoms with Crippen LogP contribution < -0.4 is 10.6 Å². The number of fused-ring (bicyclic) bond motifs is 1. The Morgan fingerprint density at radius 1 is 1.16 bits per heavy atom. The fourth-order valence-corrected chi connectivity index (χ4v) is 4.48. The van der Waals surface area contributed by atoms with Crippen molar-refractivity contribution < 1.29 is 14.0 Å². The van der Waals surface area contributed by atoms with Crippen LogP contribution in [0.4, 0.5) is 10.1 Å². The Kier molecular flexibility index (Phi) is 4.93. The Balaban J connectivity index is 1.38. The Hall–Kier alpha value is -3.32. The van der Waals surface area contributed by atoms with Crippen LogP contribution in [0, 0.1) is 18.7 Å². The third kappa shape index (κ3) is 3.62. The smallest absolute Gasteiger partial charge is 0.252 e. The SMILES string of the molecule is Cc1ccc(NC(=O)C2CN(C)C2)cc1C(=O)NC1(c2ccc(F)c3ncccc23)CC1. The highest BCUT2D eigenvalue weighted by Crippen LogP contribution is 2.48. The Morgan fingerprint density at radius 3 is 2.66 bits per heavy atom. The third-order valence-electron chi connectivity index (χ3n) is 6.52. The van der Waals surface area contributed by atoms with E-state index in [1.807, 2.05) is 32.2 Å². The molecule has 1 aromatic heterocycles. The lowest BCUT2D eigenvalue weighted by Crippen LogP contribution is -2.49. The van der Waals surface area contributed by atoms with Crippen LogP contribution in [-0.2, 0) is 10.3 Å². The van der Waals surface area contributed by atoms with Crippen molar-refractivity contribution in [1.29, 1.82) is 0 Å². The van der Waals surface area contributed by atoms with E-state index in [0.717, 1.165) is 37.1 Å². The van der Waals surface area contributed by atoms with Crippen molar-refractivity contribution in [1.82, 2.24) is 15.2 Å². The van der Waals surface area contributed by atoms with Crippen LogP contribution in [0.1, 0.15) is 34.3 Å². The number of carbonyl (C=O) groups excluding carboxylic acids is 2. The van der Waals surface area contributed by atoms with Crippen molar-refractivity contribution in [2.24, 2.45) is 5.92 Å². The molecule has 2 aromatic carbocycles. The predicted molar refractivity (Wildman–Crippen MR) is 121 cm³/mol. The molecule has 0 radical (unpaired) electrons. The highest BCUT2D eigenvalue weighted by atomic mass is 19.1. The first-order chi connectivity index (χ1) is 15.4. The maximum atomic E-state index is 14.2. The zero-order chi connectivity index (χ0) is 22.5. The fourth-order valence-electron chi connectivity index (χ4n) is 4.48. The average Bonchev–Trinajstić information content (AvgIpc) is 3.53. The van der Waals surface area contributed by atoms with E-state index >= 15 is 0 Å². The van der Waals surface area contributed by atoms with Crippen molar-refractivity contribution in [3.05, 3.63) is 71.2 Å². The number of aromatic nitrogens is 1. The molecule has 2 aliphatic rings. The van der Waals surface area contributed by atoms with Gasteiger partial charge in [0.05, 0.1) is 11.5 Å². The average molecular weight is 432 g/mol. The summed E-state index contributed by atoms with van der Waals surface area (Å²) in [5, 5.41) is 6.82. The van der Waals surface area contributed by atoms with Gasteiger partial charge in [0.15, 0.2) is 0 Å². The minimum Gasteiger partial charge on any atom is -0.342 e. The Bertz CT molecular complexity index is 1230. The molecular weight excluding hydrogens is 407 g/mol. The summed E-state index contributed by atoms with van der Waals surface area (Å²) in [4.78, 5) is 31.9. The second kappa shape index (κ2) is 7.67. The number of amides is 2. The molecule has 2 heterocycles. The van der Waals surface area contributed by atoms with Crippen LogP contribution in [0.3, 0.4) is 0 Å². The van der Waals surface area contributed by atoms with Crippen molar-refractivity contribution in [2.75, 3.05) is 25.5 Å². The topological polar surface area (TPSA) is 74.3 Å². The fraction of sp³-hybridized carbons (Fsp3) is 0.320. The number of likely N-dealkylation sites (tertiary alicyclic amines) is 1. The van der Waals surface area contributed by atoms with Gasteiger partial charge in [0.25, 0.3) is 5.91 Å². The van der Waals surface area contributed by atoms with Crippen molar-refractivity contribution >= 4 is 28.4 Å². The van der Waals surface area contributed by atoms with Gasteiger partial charge in [-0.05, 0) is 62.2 Å². The third-order valence-corrected chi connectivity index (χ3v) is 6.52. The van der Waals surface area contributed by atoms with Crippen LogP contribution in [0.2, 0.25) is 0 Å². The molecule has 7 heteroatoms. The van der Waals surface area contributed by atoms with Crippen LogP contribution in [0.5, 0.6) is 0 Å². The van der Waals surface area contributed by atoms with E-state index < -0.39 is 5.54 Å². The van der Waals surface area contributed by atoms with Gasteiger partial charge < -0.3 is 15.5 Å². The first-order valence-electron chi connectivity index (χ1n) is 10.8. The van der Waals surface area contributed by atoms with E-state index in [2.05, 4.69) is 20.5 Å². The molecule has 1 saturated heterocycles. The van der Waals surface area contributed by atoms with Crippen molar-refractivity contribution in [3.8, 4) is 0 Å². The molecule has 32 heavy (non-hydrogen) atoms. The van der Waals surface area contributed by atoms with Crippen LogP contribution >= 0.6 is 0 Å². The molecule has 5 rings (SSSR count).